The van der Waals surface area contributed by atoms with E-state index in [0.29, 0.717) is 0 Å². The highest BCUT2D eigenvalue weighted by Crippen LogP contribution is 2.24. The van der Waals surface area contributed by atoms with Crippen LogP contribution in [-0.4, -0.2) is 45.8 Å². The van der Waals surface area contributed by atoms with E-state index < -0.39 is 24.4 Å². The Morgan fingerprint density at radius 1 is 0.938 bits per heavy atom. The zero-order valence-electron chi connectivity index (χ0n) is 10.2. The molecular weight excluding hydrogens is 208 g/mol. The van der Waals surface area contributed by atoms with Crippen molar-refractivity contribution in [1.29, 1.82) is 0 Å². The van der Waals surface area contributed by atoms with Crippen molar-refractivity contribution in [2.75, 3.05) is 0 Å². The van der Waals surface area contributed by atoms with E-state index >= 15 is 0 Å². The summed E-state index contributed by atoms with van der Waals surface area (Å²) in [7, 11) is 0. The van der Waals surface area contributed by atoms with E-state index in [-0.39, 0.29) is 6.10 Å². The van der Waals surface area contributed by atoms with Crippen molar-refractivity contribution >= 4 is 0 Å². The Kier molecular flexibility index (Phi) is 5.69. The van der Waals surface area contributed by atoms with E-state index in [1.54, 1.807) is 6.92 Å². The lowest BCUT2D eigenvalue weighted by molar-refractivity contribution is -0.218. The summed E-state index contributed by atoms with van der Waals surface area (Å²) in [4.78, 5) is 0. The summed E-state index contributed by atoms with van der Waals surface area (Å²) in [6, 6.07) is 0. The Morgan fingerprint density at radius 2 is 1.62 bits per heavy atom. The maximum Gasteiger partial charge on any atom is 0.111 e. The summed E-state index contributed by atoms with van der Waals surface area (Å²) in [5, 5.41) is 28.9. The van der Waals surface area contributed by atoms with E-state index in [1.807, 2.05) is 0 Å². The van der Waals surface area contributed by atoms with Gasteiger partial charge in [0.25, 0.3) is 0 Å². The van der Waals surface area contributed by atoms with Gasteiger partial charge in [-0.3, -0.25) is 0 Å². The van der Waals surface area contributed by atoms with Gasteiger partial charge in [0.15, 0.2) is 0 Å². The first kappa shape index (κ1) is 13.9. The quantitative estimate of drug-likeness (QED) is 0.614. The summed E-state index contributed by atoms with van der Waals surface area (Å²) in [5.74, 6) is 0. The minimum absolute atomic E-state index is 0.342. The van der Waals surface area contributed by atoms with E-state index in [4.69, 9.17) is 4.74 Å². The first-order valence-corrected chi connectivity index (χ1v) is 6.27. The lowest BCUT2D eigenvalue weighted by atomic mass is 9.93. The molecule has 0 aliphatic carbocycles. The van der Waals surface area contributed by atoms with Gasteiger partial charge in [-0.25, -0.2) is 0 Å². The molecule has 1 heterocycles. The predicted molar refractivity (Wildman–Crippen MR) is 61.1 cm³/mol. The summed E-state index contributed by atoms with van der Waals surface area (Å²) in [6.45, 7) is 3.87. The molecule has 0 amide bonds. The lowest BCUT2D eigenvalue weighted by Gasteiger charge is -2.39. The highest BCUT2D eigenvalue weighted by atomic mass is 16.5. The molecule has 96 valence electrons. The average Bonchev–Trinajstić information content (AvgIpc) is 2.28. The first-order chi connectivity index (χ1) is 7.57. The summed E-state index contributed by atoms with van der Waals surface area (Å²) in [6.07, 6.45) is 1.43. The van der Waals surface area contributed by atoms with E-state index in [2.05, 4.69) is 6.92 Å². The van der Waals surface area contributed by atoms with Crippen LogP contribution in [0.25, 0.3) is 0 Å². The number of hydrogen-bond donors (Lipinski definition) is 3. The van der Waals surface area contributed by atoms with E-state index in [9.17, 15) is 15.3 Å². The molecule has 16 heavy (non-hydrogen) atoms. The van der Waals surface area contributed by atoms with Crippen LogP contribution < -0.4 is 0 Å². The standard InChI is InChI=1S/C12H24O4/c1-3-4-5-6-7-9-11(14)12(15)10(13)8(2)16-9/h8-15H,3-7H2,1-2H3/t8?,9?,10-,11?,12-/m0/s1. The number of rotatable bonds is 5. The normalized spacial score (nSPS) is 39.9. The Morgan fingerprint density at radius 3 is 2.25 bits per heavy atom. The molecule has 3 N–H and O–H groups in total. The van der Waals surface area contributed by atoms with Crippen LogP contribution in [0.1, 0.15) is 46.0 Å². The number of aliphatic hydroxyl groups excluding tert-OH is 3. The summed E-state index contributed by atoms with van der Waals surface area (Å²) >= 11 is 0. The van der Waals surface area contributed by atoms with Gasteiger partial charge in [0.1, 0.15) is 18.3 Å². The maximum atomic E-state index is 9.75. The zero-order valence-corrected chi connectivity index (χ0v) is 10.2. The van der Waals surface area contributed by atoms with Gasteiger partial charge in [0.05, 0.1) is 12.2 Å². The van der Waals surface area contributed by atoms with Crippen LogP contribution in [-0.2, 0) is 4.74 Å². The topological polar surface area (TPSA) is 69.9 Å². The van der Waals surface area contributed by atoms with Gasteiger partial charge in [-0.05, 0) is 13.3 Å². The van der Waals surface area contributed by atoms with E-state index in [0.717, 1.165) is 19.3 Å². The van der Waals surface area contributed by atoms with Crippen molar-refractivity contribution in [2.24, 2.45) is 0 Å². The molecule has 3 unspecified atom stereocenters. The molecule has 0 aromatic rings. The van der Waals surface area contributed by atoms with Gasteiger partial charge in [-0.2, -0.15) is 0 Å². The Balaban J connectivity index is 2.35. The minimum atomic E-state index is -1.08. The molecule has 1 fully saturated rings. The smallest absolute Gasteiger partial charge is 0.111 e. The maximum absolute atomic E-state index is 9.75. The highest BCUT2D eigenvalue weighted by molar-refractivity contribution is 4.90. The highest BCUT2D eigenvalue weighted by Gasteiger charge is 2.41. The summed E-state index contributed by atoms with van der Waals surface area (Å²) in [5.41, 5.74) is 0. The molecule has 5 atom stereocenters. The zero-order chi connectivity index (χ0) is 12.1. The van der Waals surface area contributed by atoms with Crippen molar-refractivity contribution in [1.82, 2.24) is 0 Å². The molecule has 0 spiro atoms. The third-order valence-electron chi connectivity index (χ3n) is 3.29. The number of hydrogen-bond acceptors (Lipinski definition) is 4. The molecule has 1 rings (SSSR count). The average molecular weight is 232 g/mol. The fraction of sp³-hybridized carbons (Fsp3) is 1.00. The molecule has 1 saturated heterocycles. The van der Waals surface area contributed by atoms with Crippen LogP contribution in [0.15, 0.2) is 0 Å². The van der Waals surface area contributed by atoms with E-state index in [1.165, 1.54) is 12.8 Å². The number of unbranched alkanes of at least 4 members (excludes halogenated alkanes) is 3. The molecule has 0 bridgehead atoms. The molecule has 1 aliphatic heterocycles. The first-order valence-electron chi connectivity index (χ1n) is 6.27. The lowest BCUT2D eigenvalue weighted by Crippen LogP contribution is -2.56. The number of ether oxygens (including phenoxy) is 1. The molecule has 4 heteroatoms. The predicted octanol–water partition coefficient (Wildman–Crippen LogP) is 0.827. The van der Waals surface area contributed by atoms with Crippen LogP contribution in [0.4, 0.5) is 0 Å². The Labute approximate surface area is 97.2 Å². The second-order valence-corrected chi connectivity index (χ2v) is 4.70. The van der Waals surface area contributed by atoms with Crippen molar-refractivity contribution in [3.8, 4) is 0 Å². The van der Waals surface area contributed by atoms with Gasteiger partial charge < -0.3 is 20.1 Å². The molecule has 0 aromatic carbocycles. The second-order valence-electron chi connectivity index (χ2n) is 4.70. The molecular formula is C12H24O4. The fourth-order valence-corrected chi connectivity index (χ4v) is 2.15. The second kappa shape index (κ2) is 6.55. The molecule has 0 saturated carbocycles. The van der Waals surface area contributed by atoms with Crippen molar-refractivity contribution in [3.05, 3.63) is 0 Å². The van der Waals surface area contributed by atoms with Crippen LogP contribution >= 0.6 is 0 Å². The molecule has 4 nitrogen and oxygen atoms in total. The van der Waals surface area contributed by atoms with Gasteiger partial charge >= 0.3 is 0 Å². The third-order valence-corrected chi connectivity index (χ3v) is 3.29. The van der Waals surface area contributed by atoms with Crippen LogP contribution in [0.2, 0.25) is 0 Å². The van der Waals surface area contributed by atoms with Crippen molar-refractivity contribution in [3.63, 3.8) is 0 Å². The van der Waals surface area contributed by atoms with Gasteiger partial charge in [0.2, 0.25) is 0 Å². The largest absolute Gasteiger partial charge is 0.388 e. The molecule has 0 radical (unpaired) electrons. The third kappa shape index (κ3) is 3.42. The van der Waals surface area contributed by atoms with Crippen LogP contribution in [0.3, 0.4) is 0 Å². The minimum Gasteiger partial charge on any atom is -0.388 e. The Hall–Kier alpha value is -0.160. The fourth-order valence-electron chi connectivity index (χ4n) is 2.15. The number of aliphatic hydroxyl groups is 3. The van der Waals surface area contributed by atoms with Crippen LogP contribution in [0.5, 0.6) is 0 Å². The van der Waals surface area contributed by atoms with Gasteiger partial charge in [-0.15, -0.1) is 0 Å². The Bertz CT molecular complexity index is 197. The van der Waals surface area contributed by atoms with Crippen molar-refractivity contribution in [2.45, 2.75) is 76.5 Å². The molecule has 1 aliphatic rings. The SMILES string of the molecule is CCCCCCC1OC(C)[C@H](O)[C@H](O)C1O. The monoisotopic (exact) mass is 232 g/mol. The van der Waals surface area contributed by atoms with Gasteiger partial charge in [-0.1, -0.05) is 32.6 Å². The molecule has 0 aromatic heterocycles. The van der Waals surface area contributed by atoms with Gasteiger partial charge in [0, 0.05) is 0 Å². The van der Waals surface area contributed by atoms with Crippen molar-refractivity contribution < 1.29 is 20.1 Å². The van der Waals surface area contributed by atoms with Crippen LogP contribution in [0, 0.1) is 0 Å². The summed E-state index contributed by atoms with van der Waals surface area (Å²) < 4.78 is 5.50.